The smallest absolute Gasteiger partial charge is 0.260 e. The fourth-order valence-electron chi connectivity index (χ4n) is 1.87. The average molecular weight is 272 g/mol. The first-order valence-electron chi connectivity index (χ1n) is 5.89. The van der Waals surface area contributed by atoms with Gasteiger partial charge in [0, 0.05) is 11.6 Å². The largest absolute Gasteiger partial charge is 0.347 e. The SMILES string of the molecule is CC(Nc1nc2ccccc2c(=O)[nH]1)c1nccs1. The lowest BCUT2D eigenvalue weighted by Gasteiger charge is -2.11. The predicted molar refractivity (Wildman–Crippen MR) is 76.5 cm³/mol. The highest BCUT2D eigenvalue weighted by Gasteiger charge is 2.10. The van der Waals surface area contributed by atoms with Crippen molar-refractivity contribution in [1.29, 1.82) is 0 Å². The van der Waals surface area contributed by atoms with Gasteiger partial charge >= 0.3 is 0 Å². The summed E-state index contributed by atoms with van der Waals surface area (Å²) in [5, 5.41) is 6.63. The van der Waals surface area contributed by atoms with Gasteiger partial charge in [-0.15, -0.1) is 11.3 Å². The molecule has 0 fully saturated rings. The number of para-hydroxylation sites is 1. The van der Waals surface area contributed by atoms with Crippen molar-refractivity contribution in [1.82, 2.24) is 15.0 Å². The third-order valence-electron chi connectivity index (χ3n) is 2.79. The quantitative estimate of drug-likeness (QED) is 0.768. The Morgan fingerprint density at radius 2 is 2.21 bits per heavy atom. The third kappa shape index (κ3) is 2.34. The number of hydrogen-bond acceptors (Lipinski definition) is 5. The van der Waals surface area contributed by atoms with Gasteiger partial charge in [0.15, 0.2) is 0 Å². The maximum absolute atomic E-state index is 11.9. The maximum atomic E-state index is 11.9. The Morgan fingerprint density at radius 1 is 1.37 bits per heavy atom. The number of benzene rings is 1. The Balaban J connectivity index is 1.95. The number of aromatic amines is 1. The highest BCUT2D eigenvalue weighted by atomic mass is 32.1. The molecule has 0 aliphatic rings. The van der Waals surface area contributed by atoms with Crippen molar-refractivity contribution in [3.63, 3.8) is 0 Å². The molecule has 2 heterocycles. The van der Waals surface area contributed by atoms with Gasteiger partial charge in [0.1, 0.15) is 5.01 Å². The van der Waals surface area contributed by atoms with Crippen LogP contribution in [0.3, 0.4) is 0 Å². The molecule has 96 valence electrons. The molecule has 0 amide bonds. The Hall–Kier alpha value is -2.21. The van der Waals surface area contributed by atoms with Crippen molar-refractivity contribution >= 4 is 28.2 Å². The van der Waals surface area contributed by atoms with E-state index in [1.807, 2.05) is 30.5 Å². The van der Waals surface area contributed by atoms with Gasteiger partial charge < -0.3 is 5.32 Å². The lowest BCUT2D eigenvalue weighted by molar-refractivity contribution is 0.849. The number of rotatable bonds is 3. The Morgan fingerprint density at radius 3 is 3.00 bits per heavy atom. The van der Waals surface area contributed by atoms with Crippen LogP contribution in [-0.2, 0) is 0 Å². The van der Waals surface area contributed by atoms with Crippen molar-refractivity contribution in [3.8, 4) is 0 Å². The van der Waals surface area contributed by atoms with Gasteiger partial charge in [-0.05, 0) is 19.1 Å². The van der Waals surface area contributed by atoms with Gasteiger partial charge in [0.25, 0.3) is 5.56 Å². The Bertz CT molecular complexity index is 751. The number of nitrogens with one attached hydrogen (secondary N) is 2. The summed E-state index contributed by atoms with van der Waals surface area (Å²) in [7, 11) is 0. The van der Waals surface area contributed by atoms with Gasteiger partial charge in [-0.3, -0.25) is 9.78 Å². The second-order valence-electron chi connectivity index (χ2n) is 4.17. The van der Waals surface area contributed by atoms with Crippen LogP contribution in [0.1, 0.15) is 18.0 Å². The van der Waals surface area contributed by atoms with Gasteiger partial charge in [0.2, 0.25) is 5.95 Å². The zero-order valence-electron chi connectivity index (χ0n) is 10.3. The molecule has 0 aliphatic heterocycles. The average Bonchev–Trinajstić information content (AvgIpc) is 2.93. The summed E-state index contributed by atoms with van der Waals surface area (Å²) in [6, 6.07) is 7.27. The molecular weight excluding hydrogens is 260 g/mol. The highest BCUT2D eigenvalue weighted by Crippen LogP contribution is 2.18. The summed E-state index contributed by atoms with van der Waals surface area (Å²) in [6.07, 6.45) is 1.76. The lowest BCUT2D eigenvalue weighted by atomic mass is 10.2. The molecule has 1 unspecified atom stereocenters. The number of hydrogen-bond donors (Lipinski definition) is 2. The van der Waals surface area contributed by atoms with E-state index in [4.69, 9.17) is 0 Å². The highest BCUT2D eigenvalue weighted by molar-refractivity contribution is 7.09. The lowest BCUT2D eigenvalue weighted by Crippen LogP contribution is -2.15. The minimum absolute atomic E-state index is 0.00399. The van der Waals surface area contributed by atoms with Crippen LogP contribution in [0.5, 0.6) is 0 Å². The molecule has 0 bridgehead atoms. The molecule has 3 aromatic rings. The van der Waals surface area contributed by atoms with E-state index < -0.39 is 0 Å². The number of aromatic nitrogens is 3. The minimum Gasteiger partial charge on any atom is -0.347 e. The van der Waals surface area contributed by atoms with E-state index in [2.05, 4.69) is 20.3 Å². The van der Waals surface area contributed by atoms with Crippen LogP contribution in [0, 0.1) is 0 Å². The second-order valence-corrected chi connectivity index (χ2v) is 5.09. The first kappa shape index (κ1) is 11.9. The number of anilines is 1. The number of fused-ring (bicyclic) bond motifs is 1. The van der Waals surface area contributed by atoms with E-state index in [-0.39, 0.29) is 11.6 Å². The molecule has 2 aromatic heterocycles. The van der Waals surface area contributed by atoms with Crippen LogP contribution in [-0.4, -0.2) is 15.0 Å². The van der Waals surface area contributed by atoms with Crippen molar-refractivity contribution < 1.29 is 0 Å². The van der Waals surface area contributed by atoms with Crippen LogP contribution in [0.15, 0.2) is 40.6 Å². The predicted octanol–water partition coefficient (Wildman–Crippen LogP) is 2.55. The molecule has 6 heteroatoms. The number of nitrogens with zero attached hydrogens (tertiary/aromatic N) is 2. The molecule has 0 radical (unpaired) electrons. The fourth-order valence-corrected chi connectivity index (χ4v) is 2.52. The topological polar surface area (TPSA) is 70.7 Å². The number of H-pyrrole nitrogens is 1. The molecule has 3 rings (SSSR count). The van der Waals surface area contributed by atoms with E-state index in [1.54, 1.807) is 23.6 Å². The van der Waals surface area contributed by atoms with Crippen molar-refractivity contribution in [2.24, 2.45) is 0 Å². The minimum atomic E-state index is -0.139. The molecule has 19 heavy (non-hydrogen) atoms. The van der Waals surface area contributed by atoms with Gasteiger partial charge in [-0.25, -0.2) is 9.97 Å². The van der Waals surface area contributed by atoms with Crippen molar-refractivity contribution in [2.75, 3.05) is 5.32 Å². The van der Waals surface area contributed by atoms with E-state index in [0.717, 1.165) is 5.01 Å². The van der Waals surface area contributed by atoms with E-state index in [9.17, 15) is 4.79 Å². The Labute approximate surface area is 113 Å². The summed E-state index contributed by atoms with van der Waals surface area (Å²) >= 11 is 1.56. The van der Waals surface area contributed by atoms with Crippen molar-refractivity contribution in [2.45, 2.75) is 13.0 Å². The molecule has 0 saturated carbocycles. The monoisotopic (exact) mass is 272 g/mol. The summed E-state index contributed by atoms with van der Waals surface area (Å²) in [5.74, 6) is 0.464. The second kappa shape index (κ2) is 4.81. The maximum Gasteiger partial charge on any atom is 0.260 e. The zero-order valence-corrected chi connectivity index (χ0v) is 11.1. The molecule has 1 atom stereocenters. The summed E-state index contributed by atoms with van der Waals surface area (Å²) < 4.78 is 0. The summed E-state index contributed by atoms with van der Waals surface area (Å²) in [5.41, 5.74) is 0.541. The van der Waals surface area contributed by atoms with Gasteiger partial charge in [-0.2, -0.15) is 0 Å². The molecule has 5 nitrogen and oxygen atoms in total. The van der Waals surface area contributed by atoms with E-state index in [1.165, 1.54) is 0 Å². The first-order chi connectivity index (χ1) is 9.24. The fraction of sp³-hybridized carbons (Fsp3) is 0.154. The van der Waals surface area contributed by atoms with Crippen LogP contribution in [0.25, 0.3) is 10.9 Å². The van der Waals surface area contributed by atoms with E-state index >= 15 is 0 Å². The van der Waals surface area contributed by atoms with Crippen LogP contribution < -0.4 is 10.9 Å². The van der Waals surface area contributed by atoms with Crippen molar-refractivity contribution in [3.05, 3.63) is 51.2 Å². The normalized spacial score (nSPS) is 12.5. The molecule has 2 N–H and O–H groups in total. The standard InChI is InChI=1S/C13H12N4OS/c1-8(12-14-6-7-19-12)15-13-16-10-5-3-2-4-9(10)11(18)17-13/h2-8H,1H3,(H2,15,16,17,18). The molecular formula is C13H12N4OS. The summed E-state index contributed by atoms with van der Waals surface area (Å²) in [6.45, 7) is 1.98. The van der Waals surface area contributed by atoms with Crippen LogP contribution >= 0.6 is 11.3 Å². The Kier molecular flexibility index (Phi) is 3.00. The van der Waals surface area contributed by atoms with Crippen LogP contribution in [0.4, 0.5) is 5.95 Å². The van der Waals surface area contributed by atoms with Gasteiger partial charge in [0.05, 0.1) is 16.9 Å². The van der Waals surface area contributed by atoms with E-state index in [0.29, 0.717) is 16.9 Å². The summed E-state index contributed by atoms with van der Waals surface area (Å²) in [4.78, 5) is 23.3. The molecule has 1 aromatic carbocycles. The molecule has 0 spiro atoms. The van der Waals surface area contributed by atoms with Gasteiger partial charge in [-0.1, -0.05) is 12.1 Å². The van der Waals surface area contributed by atoms with Crippen LogP contribution in [0.2, 0.25) is 0 Å². The molecule has 0 aliphatic carbocycles. The molecule has 0 saturated heterocycles. The zero-order chi connectivity index (χ0) is 13.2. The number of thiazole rings is 1. The first-order valence-corrected chi connectivity index (χ1v) is 6.77. The third-order valence-corrected chi connectivity index (χ3v) is 3.75.